The number of H-pyrrole nitrogens is 1. The fraction of sp³-hybridized carbons (Fsp3) is 0.391. The number of benzene rings is 2. The molecule has 26 heavy (non-hydrogen) atoms. The van der Waals surface area contributed by atoms with E-state index in [4.69, 9.17) is 0 Å². The van der Waals surface area contributed by atoms with Crippen LogP contribution in [0.1, 0.15) is 41.0 Å². The third-order valence-electron chi connectivity index (χ3n) is 6.55. The molecule has 134 valence electrons. The van der Waals surface area contributed by atoms with Crippen LogP contribution in [0.15, 0.2) is 48.7 Å². The van der Waals surface area contributed by atoms with E-state index in [1.165, 1.54) is 46.0 Å². The summed E-state index contributed by atoms with van der Waals surface area (Å²) in [6.07, 6.45) is 4.59. The van der Waals surface area contributed by atoms with Gasteiger partial charge in [-0.1, -0.05) is 24.3 Å². The number of aromatic nitrogens is 1. The second-order valence-corrected chi connectivity index (χ2v) is 8.41. The van der Waals surface area contributed by atoms with Crippen LogP contribution in [0.4, 0.5) is 0 Å². The molecule has 1 unspecified atom stereocenters. The number of likely N-dealkylation sites (N-methyl/N-ethyl adjacent to an activating group) is 1. The molecule has 1 N–H and O–H groups in total. The molecular weight excluding hydrogens is 318 g/mol. The van der Waals surface area contributed by atoms with Crippen molar-refractivity contribution in [2.45, 2.75) is 30.8 Å². The van der Waals surface area contributed by atoms with Crippen molar-refractivity contribution < 1.29 is 0 Å². The zero-order valence-electron chi connectivity index (χ0n) is 15.9. The number of fused-ring (bicyclic) bond motifs is 2. The van der Waals surface area contributed by atoms with Crippen molar-refractivity contribution in [2.24, 2.45) is 0 Å². The summed E-state index contributed by atoms with van der Waals surface area (Å²) in [6, 6.07) is 16.3. The van der Waals surface area contributed by atoms with Gasteiger partial charge in [0.1, 0.15) is 0 Å². The molecule has 0 radical (unpaired) electrons. The van der Waals surface area contributed by atoms with Crippen LogP contribution >= 0.6 is 0 Å². The Bertz CT molecular complexity index is 964. The molecule has 1 aliphatic carbocycles. The first-order chi connectivity index (χ1) is 12.6. The summed E-state index contributed by atoms with van der Waals surface area (Å²) < 4.78 is 0. The molecule has 1 atom stereocenters. The van der Waals surface area contributed by atoms with E-state index in [9.17, 15) is 0 Å². The van der Waals surface area contributed by atoms with Crippen LogP contribution < -0.4 is 0 Å². The molecule has 3 nitrogen and oxygen atoms in total. The largest absolute Gasteiger partial charge is 0.361 e. The molecule has 0 amide bonds. The molecule has 1 aliphatic heterocycles. The molecule has 1 aromatic heterocycles. The van der Waals surface area contributed by atoms with E-state index >= 15 is 0 Å². The van der Waals surface area contributed by atoms with E-state index < -0.39 is 0 Å². The van der Waals surface area contributed by atoms with Crippen LogP contribution in [0.5, 0.6) is 0 Å². The van der Waals surface area contributed by atoms with Gasteiger partial charge < -0.3 is 9.88 Å². The topological polar surface area (TPSA) is 22.3 Å². The number of nitrogens with zero attached hydrogens (tertiary/aromatic N) is 2. The van der Waals surface area contributed by atoms with E-state index in [-0.39, 0.29) is 5.54 Å². The van der Waals surface area contributed by atoms with Crippen molar-refractivity contribution in [1.82, 2.24) is 14.8 Å². The fourth-order valence-corrected chi connectivity index (χ4v) is 4.82. The van der Waals surface area contributed by atoms with Crippen LogP contribution in [0.2, 0.25) is 0 Å². The predicted molar refractivity (Wildman–Crippen MR) is 108 cm³/mol. The highest BCUT2D eigenvalue weighted by atomic mass is 15.2. The van der Waals surface area contributed by atoms with Crippen LogP contribution in [0.25, 0.3) is 10.9 Å². The summed E-state index contributed by atoms with van der Waals surface area (Å²) in [4.78, 5) is 8.17. The maximum absolute atomic E-state index is 3.30. The summed E-state index contributed by atoms with van der Waals surface area (Å²) in [5.74, 6) is 0.451. The number of aromatic amines is 1. The van der Waals surface area contributed by atoms with E-state index in [0.717, 1.165) is 13.1 Å². The van der Waals surface area contributed by atoms with Gasteiger partial charge in [-0.15, -0.1) is 0 Å². The standard InChI is InChI=1S/C23H27N3/c1-25(2)23(9-10-23)19-5-6-20-18(13-19)14-26(3)15-21(20)16-4-7-22-17(12-16)8-11-24-22/h4-8,11-13,21,24H,9-10,14-15H2,1-3H3. The zero-order chi connectivity index (χ0) is 17.9. The highest BCUT2D eigenvalue weighted by Crippen LogP contribution is 2.50. The fourth-order valence-electron chi connectivity index (χ4n) is 4.82. The lowest BCUT2D eigenvalue weighted by Gasteiger charge is -2.34. The van der Waals surface area contributed by atoms with Crippen molar-refractivity contribution >= 4 is 10.9 Å². The lowest BCUT2D eigenvalue weighted by atomic mass is 9.83. The Morgan fingerprint density at radius 1 is 1.08 bits per heavy atom. The van der Waals surface area contributed by atoms with E-state index in [0.29, 0.717) is 5.92 Å². The first kappa shape index (κ1) is 16.1. The van der Waals surface area contributed by atoms with Crippen molar-refractivity contribution in [3.8, 4) is 0 Å². The Morgan fingerprint density at radius 3 is 2.69 bits per heavy atom. The monoisotopic (exact) mass is 345 g/mol. The van der Waals surface area contributed by atoms with Gasteiger partial charge in [-0.2, -0.15) is 0 Å². The maximum Gasteiger partial charge on any atom is 0.0456 e. The third-order valence-corrected chi connectivity index (χ3v) is 6.55. The van der Waals surface area contributed by atoms with Crippen molar-refractivity contribution in [3.63, 3.8) is 0 Å². The summed E-state index contributed by atoms with van der Waals surface area (Å²) in [5.41, 5.74) is 7.43. The molecule has 1 saturated carbocycles. The Hall–Kier alpha value is -2.10. The predicted octanol–water partition coefficient (Wildman–Crippen LogP) is 4.30. The molecular formula is C23H27N3. The van der Waals surface area contributed by atoms with E-state index in [2.05, 4.69) is 78.4 Å². The number of nitrogens with one attached hydrogen (secondary N) is 1. The Kier molecular flexibility index (Phi) is 3.53. The molecule has 0 saturated heterocycles. The van der Waals surface area contributed by atoms with Crippen LogP contribution in [0, 0.1) is 0 Å². The third kappa shape index (κ3) is 2.42. The molecule has 3 aromatic rings. The minimum absolute atomic E-state index is 0.282. The summed E-state index contributed by atoms with van der Waals surface area (Å²) in [6.45, 7) is 2.14. The highest BCUT2D eigenvalue weighted by molar-refractivity contribution is 5.80. The second-order valence-electron chi connectivity index (χ2n) is 8.41. The zero-order valence-corrected chi connectivity index (χ0v) is 15.9. The quantitative estimate of drug-likeness (QED) is 0.765. The van der Waals surface area contributed by atoms with Gasteiger partial charge in [0.25, 0.3) is 0 Å². The molecule has 1 fully saturated rings. The molecule has 2 aliphatic rings. The molecule has 0 bridgehead atoms. The minimum Gasteiger partial charge on any atom is -0.361 e. The van der Waals surface area contributed by atoms with Gasteiger partial charge in [-0.3, -0.25) is 4.90 Å². The van der Waals surface area contributed by atoms with E-state index in [1.54, 1.807) is 0 Å². The first-order valence-corrected chi connectivity index (χ1v) is 9.63. The number of hydrogen-bond acceptors (Lipinski definition) is 2. The summed E-state index contributed by atoms with van der Waals surface area (Å²) in [5, 5.41) is 1.30. The molecule has 0 spiro atoms. The van der Waals surface area contributed by atoms with Crippen LogP contribution in [0.3, 0.4) is 0 Å². The highest BCUT2D eigenvalue weighted by Gasteiger charge is 2.46. The van der Waals surface area contributed by atoms with Gasteiger partial charge in [-0.05, 0) is 79.8 Å². The molecule has 2 heterocycles. The van der Waals surface area contributed by atoms with Crippen LogP contribution in [-0.2, 0) is 12.1 Å². The lowest BCUT2D eigenvalue weighted by Crippen LogP contribution is -2.32. The Morgan fingerprint density at radius 2 is 1.92 bits per heavy atom. The van der Waals surface area contributed by atoms with Gasteiger partial charge in [-0.25, -0.2) is 0 Å². The van der Waals surface area contributed by atoms with Gasteiger partial charge in [0.05, 0.1) is 0 Å². The Balaban J connectivity index is 1.57. The van der Waals surface area contributed by atoms with Crippen molar-refractivity contribution in [1.29, 1.82) is 0 Å². The average Bonchev–Trinajstić information content (AvgIpc) is 3.32. The SMILES string of the molecule is CN1Cc2cc(C3(N(C)C)CC3)ccc2C(c2ccc3[nH]ccc3c2)C1. The first-order valence-electron chi connectivity index (χ1n) is 9.63. The number of hydrogen-bond donors (Lipinski definition) is 1. The molecule has 5 rings (SSSR count). The normalized spacial score (nSPS) is 21.9. The lowest BCUT2D eigenvalue weighted by molar-refractivity contribution is 0.272. The van der Waals surface area contributed by atoms with E-state index in [1.807, 2.05) is 6.20 Å². The minimum atomic E-state index is 0.282. The average molecular weight is 345 g/mol. The maximum atomic E-state index is 3.30. The molecule has 2 aromatic carbocycles. The Labute approximate surface area is 155 Å². The van der Waals surface area contributed by atoms with Gasteiger partial charge in [0.2, 0.25) is 0 Å². The smallest absolute Gasteiger partial charge is 0.0456 e. The molecule has 3 heteroatoms. The van der Waals surface area contributed by atoms with Crippen molar-refractivity contribution in [2.75, 3.05) is 27.7 Å². The summed E-state index contributed by atoms with van der Waals surface area (Å²) >= 11 is 0. The summed E-state index contributed by atoms with van der Waals surface area (Å²) in [7, 11) is 6.68. The second kappa shape index (κ2) is 5.70. The van der Waals surface area contributed by atoms with Crippen molar-refractivity contribution in [3.05, 3.63) is 70.9 Å². The van der Waals surface area contributed by atoms with Gasteiger partial charge in [0, 0.05) is 36.3 Å². The van der Waals surface area contributed by atoms with Gasteiger partial charge >= 0.3 is 0 Å². The van der Waals surface area contributed by atoms with Crippen LogP contribution in [-0.4, -0.2) is 42.5 Å². The number of rotatable bonds is 3. The van der Waals surface area contributed by atoms with Gasteiger partial charge in [0.15, 0.2) is 0 Å².